The number of aliphatic imine (C=N–C) groups is 1. The van der Waals surface area contributed by atoms with E-state index in [4.69, 9.17) is 0 Å². The van der Waals surface area contributed by atoms with Gasteiger partial charge in [0, 0.05) is 5.56 Å². The fourth-order valence-corrected chi connectivity index (χ4v) is 3.64. The van der Waals surface area contributed by atoms with E-state index in [-0.39, 0.29) is 11.4 Å². The van der Waals surface area contributed by atoms with Crippen LogP contribution < -0.4 is 9.62 Å². The number of quaternary nitrogens is 1. The number of fused-ring (bicyclic) bond motifs is 1. The van der Waals surface area contributed by atoms with Crippen LogP contribution in [0.2, 0.25) is 0 Å². The maximum atomic E-state index is 11.9. The minimum Gasteiger partial charge on any atom is -0.385 e. The van der Waals surface area contributed by atoms with Crippen molar-refractivity contribution in [3.05, 3.63) is 29.8 Å². The molecule has 0 aromatic heterocycles. The minimum atomic E-state index is -3.50. The Hall–Kier alpha value is -1.44. The predicted octanol–water partition coefficient (Wildman–Crippen LogP) is -0.989. The van der Waals surface area contributed by atoms with E-state index in [1.54, 1.807) is 24.3 Å². The van der Waals surface area contributed by atoms with Gasteiger partial charge in [-0.2, -0.15) is 0 Å². The molecule has 1 heterocycles. The Kier molecular flexibility index (Phi) is 4.97. The van der Waals surface area contributed by atoms with Crippen molar-refractivity contribution >= 4 is 15.9 Å². The van der Waals surface area contributed by atoms with Crippen molar-refractivity contribution in [3.8, 4) is 0 Å². The Balaban J connectivity index is 2.10. The van der Waals surface area contributed by atoms with E-state index < -0.39 is 16.1 Å². The average Bonchev–Trinajstić information content (AvgIpc) is 2.74. The molecule has 1 atom stereocenters. The lowest BCUT2D eigenvalue weighted by atomic mass is 10.2. The fourth-order valence-electron chi connectivity index (χ4n) is 2.38. The van der Waals surface area contributed by atoms with Crippen molar-refractivity contribution in [3.63, 3.8) is 0 Å². The molecule has 21 heavy (non-hydrogen) atoms. The van der Waals surface area contributed by atoms with Crippen LogP contribution in [0.4, 0.5) is 0 Å². The molecule has 0 spiro atoms. The Labute approximate surface area is 125 Å². The van der Waals surface area contributed by atoms with Gasteiger partial charge in [-0.1, -0.05) is 12.1 Å². The molecule has 0 amide bonds. The van der Waals surface area contributed by atoms with Crippen LogP contribution in [0.5, 0.6) is 0 Å². The highest BCUT2D eigenvalue weighted by molar-refractivity contribution is 7.90. The number of aliphatic hydroxyl groups is 1. The first-order valence-corrected chi connectivity index (χ1v) is 8.64. The van der Waals surface area contributed by atoms with Crippen LogP contribution in [0, 0.1) is 0 Å². The molecule has 1 unspecified atom stereocenters. The average molecular weight is 312 g/mol. The zero-order valence-corrected chi connectivity index (χ0v) is 13.2. The summed E-state index contributed by atoms with van der Waals surface area (Å²) in [6.07, 6.45) is -0.579. The summed E-state index contributed by atoms with van der Waals surface area (Å²) in [7, 11) is -3.50. The third-order valence-electron chi connectivity index (χ3n) is 3.65. The van der Waals surface area contributed by atoms with Gasteiger partial charge < -0.3 is 10.0 Å². The molecular weight excluding hydrogens is 290 g/mol. The number of nitrogens with zero attached hydrogens (tertiary/aromatic N) is 1. The highest BCUT2D eigenvalue weighted by atomic mass is 32.2. The van der Waals surface area contributed by atoms with Crippen LogP contribution in [0.3, 0.4) is 0 Å². The predicted molar refractivity (Wildman–Crippen MR) is 81.1 cm³/mol. The van der Waals surface area contributed by atoms with Gasteiger partial charge in [-0.05, 0) is 26.0 Å². The van der Waals surface area contributed by atoms with Crippen LogP contribution >= 0.6 is 0 Å². The SMILES string of the molecule is CC[NH+](CC)CC(O)CN=C1NS(=O)(=O)c2ccccc21. The molecule has 1 aromatic carbocycles. The minimum absolute atomic E-state index is 0.190. The van der Waals surface area contributed by atoms with Crippen molar-refractivity contribution in [1.82, 2.24) is 4.72 Å². The van der Waals surface area contributed by atoms with Crippen molar-refractivity contribution in [2.75, 3.05) is 26.2 Å². The molecule has 7 heteroatoms. The van der Waals surface area contributed by atoms with E-state index in [1.165, 1.54) is 4.90 Å². The highest BCUT2D eigenvalue weighted by Crippen LogP contribution is 2.21. The molecule has 116 valence electrons. The highest BCUT2D eigenvalue weighted by Gasteiger charge is 2.30. The summed E-state index contributed by atoms with van der Waals surface area (Å²) in [6.45, 7) is 6.82. The summed E-state index contributed by atoms with van der Waals surface area (Å²) in [5.41, 5.74) is 0.569. The van der Waals surface area contributed by atoms with Gasteiger partial charge in [0.1, 0.15) is 18.5 Å². The molecule has 1 aliphatic rings. The maximum absolute atomic E-state index is 11.9. The number of aliphatic hydroxyl groups excluding tert-OH is 1. The molecule has 1 aliphatic heterocycles. The van der Waals surface area contributed by atoms with Gasteiger partial charge in [-0.3, -0.25) is 9.71 Å². The number of nitrogens with one attached hydrogen (secondary N) is 2. The third kappa shape index (κ3) is 3.61. The van der Waals surface area contributed by atoms with Crippen molar-refractivity contribution in [2.45, 2.75) is 24.8 Å². The van der Waals surface area contributed by atoms with E-state index in [1.807, 2.05) is 0 Å². The molecule has 0 saturated heterocycles. The van der Waals surface area contributed by atoms with Crippen LogP contribution in [0.1, 0.15) is 19.4 Å². The molecule has 2 rings (SSSR count). The summed E-state index contributed by atoms with van der Waals surface area (Å²) in [4.78, 5) is 5.78. The van der Waals surface area contributed by atoms with Crippen LogP contribution in [-0.4, -0.2) is 51.6 Å². The molecule has 1 aromatic rings. The topological polar surface area (TPSA) is 83.2 Å². The number of rotatable bonds is 6. The molecule has 0 radical (unpaired) electrons. The molecular formula is C14H22N3O3S+. The first-order valence-electron chi connectivity index (χ1n) is 7.16. The second kappa shape index (κ2) is 6.55. The first kappa shape index (κ1) is 15.9. The first-order chi connectivity index (χ1) is 9.97. The number of amidine groups is 1. The summed E-state index contributed by atoms with van der Waals surface area (Å²) in [6, 6.07) is 6.72. The molecule has 6 nitrogen and oxygen atoms in total. The van der Waals surface area contributed by atoms with E-state index in [0.29, 0.717) is 17.9 Å². The Morgan fingerprint density at radius 2 is 1.95 bits per heavy atom. The summed E-state index contributed by atoms with van der Waals surface area (Å²) >= 11 is 0. The third-order valence-corrected chi connectivity index (χ3v) is 5.04. The van der Waals surface area contributed by atoms with Crippen molar-refractivity contribution in [1.29, 1.82) is 0 Å². The van der Waals surface area contributed by atoms with E-state index >= 15 is 0 Å². The Bertz CT molecular complexity index is 624. The lowest BCUT2D eigenvalue weighted by molar-refractivity contribution is -0.899. The van der Waals surface area contributed by atoms with Gasteiger partial charge in [0.15, 0.2) is 0 Å². The Morgan fingerprint density at radius 1 is 1.29 bits per heavy atom. The van der Waals surface area contributed by atoms with Crippen LogP contribution in [0.25, 0.3) is 0 Å². The zero-order valence-electron chi connectivity index (χ0n) is 12.3. The number of hydrogen-bond donors (Lipinski definition) is 3. The van der Waals surface area contributed by atoms with Gasteiger partial charge in [0.05, 0.1) is 24.5 Å². The fraction of sp³-hybridized carbons (Fsp3) is 0.500. The number of likely N-dealkylation sites (N-methyl/N-ethyl adjacent to an activating group) is 1. The molecule has 0 aliphatic carbocycles. The summed E-state index contributed by atoms with van der Waals surface area (Å²) in [5.74, 6) is 0.319. The number of hydrogen-bond acceptors (Lipinski definition) is 4. The zero-order chi connectivity index (χ0) is 15.5. The van der Waals surface area contributed by atoms with Crippen LogP contribution in [-0.2, 0) is 10.0 Å². The smallest absolute Gasteiger partial charge is 0.263 e. The largest absolute Gasteiger partial charge is 0.385 e. The van der Waals surface area contributed by atoms with Gasteiger partial charge in [-0.15, -0.1) is 0 Å². The second-order valence-corrected chi connectivity index (χ2v) is 6.76. The normalized spacial score (nSPS) is 19.5. The van der Waals surface area contributed by atoms with Crippen molar-refractivity contribution in [2.24, 2.45) is 4.99 Å². The van der Waals surface area contributed by atoms with Gasteiger partial charge >= 0.3 is 0 Å². The van der Waals surface area contributed by atoms with Gasteiger partial charge in [0.2, 0.25) is 0 Å². The lowest BCUT2D eigenvalue weighted by Crippen LogP contribution is -3.12. The van der Waals surface area contributed by atoms with E-state index in [9.17, 15) is 13.5 Å². The molecule has 3 N–H and O–H groups in total. The molecule has 0 bridgehead atoms. The van der Waals surface area contributed by atoms with E-state index in [2.05, 4.69) is 23.6 Å². The molecule has 0 fully saturated rings. The second-order valence-electron chi connectivity index (χ2n) is 5.11. The van der Waals surface area contributed by atoms with Gasteiger partial charge in [-0.25, -0.2) is 8.42 Å². The van der Waals surface area contributed by atoms with Gasteiger partial charge in [0.25, 0.3) is 10.0 Å². The van der Waals surface area contributed by atoms with E-state index in [0.717, 1.165) is 13.1 Å². The standard InChI is InChI=1S/C14H21N3O3S/c1-3-17(4-2)10-11(18)9-15-14-12-7-5-6-8-13(12)21(19,20)16-14/h5-8,11,18H,3-4,9-10H2,1-2H3,(H,15,16)/p+1. The quantitative estimate of drug-likeness (QED) is 0.631. The lowest BCUT2D eigenvalue weighted by Gasteiger charge is -2.18. The molecule has 0 saturated carbocycles. The van der Waals surface area contributed by atoms with Crippen LogP contribution in [0.15, 0.2) is 34.2 Å². The number of sulfonamides is 1. The maximum Gasteiger partial charge on any atom is 0.263 e. The summed E-state index contributed by atoms with van der Waals surface area (Å²) < 4.78 is 26.3. The van der Waals surface area contributed by atoms with Crippen molar-refractivity contribution < 1.29 is 18.4 Å². The summed E-state index contributed by atoms with van der Waals surface area (Å²) in [5, 5.41) is 10.0. The monoisotopic (exact) mass is 312 g/mol. The number of benzene rings is 1. The Morgan fingerprint density at radius 3 is 2.62 bits per heavy atom.